The summed E-state index contributed by atoms with van der Waals surface area (Å²) in [5.41, 5.74) is 1.72. The summed E-state index contributed by atoms with van der Waals surface area (Å²) >= 11 is 0. The number of hydrogen-bond donors (Lipinski definition) is 0. The van der Waals surface area contributed by atoms with Gasteiger partial charge in [-0.25, -0.2) is 0 Å². The lowest BCUT2D eigenvalue weighted by atomic mass is 10.0. The van der Waals surface area contributed by atoms with Crippen molar-refractivity contribution >= 4 is 11.7 Å². The topological polar surface area (TPSA) is 37.4 Å². The molecule has 0 radical (unpaired) electrons. The van der Waals surface area contributed by atoms with E-state index < -0.39 is 5.92 Å². The fraction of sp³-hybridized carbons (Fsp3) is 0.429. The van der Waals surface area contributed by atoms with Crippen LogP contribution in [0.25, 0.3) is 0 Å². The molecule has 1 aromatic carbocycles. The molecule has 0 fully saturated rings. The molecule has 1 aliphatic rings. The molecular weight excluding hydrogens is 214 g/mol. The van der Waals surface area contributed by atoms with E-state index in [2.05, 4.69) is 0 Å². The number of benzene rings is 1. The molecule has 0 saturated heterocycles. The number of carbonyl (C=O) groups excluding carboxylic acids is 2. The fourth-order valence-electron chi connectivity index (χ4n) is 2.39. The Morgan fingerprint density at radius 2 is 1.94 bits per heavy atom. The number of amides is 1. The van der Waals surface area contributed by atoms with Crippen LogP contribution in [-0.4, -0.2) is 29.7 Å². The molecule has 0 bridgehead atoms. The molecule has 3 heteroatoms. The summed E-state index contributed by atoms with van der Waals surface area (Å²) < 4.78 is 0. The first-order valence-corrected chi connectivity index (χ1v) is 6.10. The van der Waals surface area contributed by atoms with Gasteiger partial charge >= 0.3 is 0 Å². The summed E-state index contributed by atoms with van der Waals surface area (Å²) in [5.74, 6) is -0.541. The summed E-state index contributed by atoms with van der Waals surface area (Å²) in [6, 6.07) is 7.51. The Labute approximate surface area is 101 Å². The summed E-state index contributed by atoms with van der Waals surface area (Å²) in [4.78, 5) is 26.0. The van der Waals surface area contributed by atoms with Gasteiger partial charge in [0.05, 0.1) is 0 Å². The highest BCUT2D eigenvalue weighted by Crippen LogP contribution is 2.27. The Bertz CT molecular complexity index is 449. The van der Waals surface area contributed by atoms with Crippen molar-refractivity contribution in [3.8, 4) is 0 Å². The van der Waals surface area contributed by atoms with E-state index in [-0.39, 0.29) is 11.7 Å². The van der Waals surface area contributed by atoms with Crippen molar-refractivity contribution in [2.45, 2.75) is 20.3 Å². The number of rotatable bonds is 3. The van der Waals surface area contributed by atoms with Crippen molar-refractivity contribution in [3.63, 3.8) is 0 Å². The quantitative estimate of drug-likeness (QED) is 0.745. The molecule has 1 aliphatic carbocycles. The molecule has 90 valence electrons. The van der Waals surface area contributed by atoms with Gasteiger partial charge in [-0.2, -0.15) is 0 Å². The van der Waals surface area contributed by atoms with Gasteiger partial charge in [0.1, 0.15) is 5.92 Å². The van der Waals surface area contributed by atoms with Crippen molar-refractivity contribution in [2.75, 3.05) is 13.1 Å². The summed E-state index contributed by atoms with van der Waals surface area (Å²) in [6.07, 6.45) is 0.560. The Morgan fingerprint density at radius 3 is 2.53 bits per heavy atom. The van der Waals surface area contributed by atoms with E-state index in [0.717, 1.165) is 11.1 Å². The van der Waals surface area contributed by atoms with Crippen LogP contribution in [0.2, 0.25) is 0 Å². The highest BCUT2D eigenvalue weighted by atomic mass is 16.2. The van der Waals surface area contributed by atoms with E-state index in [4.69, 9.17) is 0 Å². The summed E-state index contributed by atoms with van der Waals surface area (Å²) in [5, 5.41) is 0. The van der Waals surface area contributed by atoms with Gasteiger partial charge in [-0.3, -0.25) is 9.59 Å². The maximum absolute atomic E-state index is 12.2. The highest BCUT2D eigenvalue weighted by Gasteiger charge is 2.36. The SMILES string of the molecule is CCN(CC)C(=O)C1Cc2ccccc2C1=O. The lowest BCUT2D eigenvalue weighted by Crippen LogP contribution is -2.38. The van der Waals surface area contributed by atoms with Crippen LogP contribution >= 0.6 is 0 Å². The average Bonchev–Trinajstić information content (AvgIpc) is 2.69. The maximum Gasteiger partial charge on any atom is 0.233 e. The minimum absolute atomic E-state index is 0.0162. The van der Waals surface area contributed by atoms with Crippen molar-refractivity contribution in [1.82, 2.24) is 4.90 Å². The predicted octanol–water partition coefficient (Wildman–Crippen LogP) is 1.91. The molecular formula is C14H17NO2. The minimum atomic E-state index is -0.493. The van der Waals surface area contributed by atoms with Crippen LogP contribution in [0.15, 0.2) is 24.3 Å². The molecule has 0 spiro atoms. The number of Topliss-reactive ketones (excluding diaryl/α,β-unsaturated/α-hetero) is 1. The van der Waals surface area contributed by atoms with Crippen molar-refractivity contribution in [1.29, 1.82) is 0 Å². The molecule has 0 aliphatic heterocycles. The highest BCUT2D eigenvalue weighted by molar-refractivity contribution is 6.13. The van der Waals surface area contributed by atoms with Crippen LogP contribution in [0.3, 0.4) is 0 Å². The van der Waals surface area contributed by atoms with Gasteiger partial charge in [0.25, 0.3) is 0 Å². The Balaban J connectivity index is 2.23. The van der Waals surface area contributed by atoms with Gasteiger partial charge in [-0.15, -0.1) is 0 Å². The lowest BCUT2D eigenvalue weighted by molar-refractivity contribution is -0.133. The molecule has 0 saturated carbocycles. The first kappa shape index (κ1) is 11.8. The van der Waals surface area contributed by atoms with E-state index in [0.29, 0.717) is 19.5 Å². The zero-order valence-corrected chi connectivity index (χ0v) is 10.3. The smallest absolute Gasteiger partial charge is 0.233 e. The van der Waals surface area contributed by atoms with Gasteiger partial charge in [0.2, 0.25) is 5.91 Å². The van der Waals surface area contributed by atoms with Gasteiger partial charge in [0.15, 0.2) is 5.78 Å². The standard InChI is InChI=1S/C14H17NO2/c1-3-15(4-2)14(17)12-9-10-7-5-6-8-11(10)13(12)16/h5-8,12H,3-4,9H2,1-2H3. The molecule has 17 heavy (non-hydrogen) atoms. The van der Waals surface area contributed by atoms with E-state index >= 15 is 0 Å². The predicted molar refractivity (Wildman–Crippen MR) is 65.9 cm³/mol. The first-order chi connectivity index (χ1) is 8.19. The molecule has 0 N–H and O–H groups in total. The second-order valence-corrected chi connectivity index (χ2v) is 4.29. The van der Waals surface area contributed by atoms with Crippen LogP contribution < -0.4 is 0 Å². The van der Waals surface area contributed by atoms with Crippen molar-refractivity contribution < 1.29 is 9.59 Å². The third kappa shape index (κ3) is 1.97. The van der Waals surface area contributed by atoms with Crippen LogP contribution in [0.4, 0.5) is 0 Å². The Hall–Kier alpha value is -1.64. The normalized spacial score (nSPS) is 18.0. The van der Waals surface area contributed by atoms with E-state index in [1.807, 2.05) is 38.1 Å². The van der Waals surface area contributed by atoms with Gasteiger partial charge in [-0.1, -0.05) is 24.3 Å². The molecule has 2 rings (SSSR count). The molecule has 1 atom stereocenters. The Kier molecular flexibility index (Phi) is 3.27. The van der Waals surface area contributed by atoms with Gasteiger partial charge in [0, 0.05) is 18.7 Å². The fourth-order valence-corrected chi connectivity index (χ4v) is 2.39. The van der Waals surface area contributed by atoms with Crippen molar-refractivity contribution in [2.24, 2.45) is 5.92 Å². The Morgan fingerprint density at radius 1 is 1.29 bits per heavy atom. The molecule has 1 aromatic rings. The second-order valence-electron chi connectivity index (χ2n) is 4.29. The van der Waals surface area contributed by atoms with Crippen LogP contribution in [0.1, 0.15) is 29.8 Å². The van der Waals surface area contributed by atoms with Crippen molar-refractivity contribution in [3.05, 3.63) is 35.4 Å². The molecule has 1 unspecified atom stereocenters. The number of carbonyl (C=O) groups is 2. The number of ketones is 1. The maximum atomic E-state index is 12.2. The third-order valence-electron chi connectivity index (χ3n) is 3.40. The number of fused-ring (bicyclic) bond motifs is 1. The zero-order chi connectivity index (χ0) is 12.4. The molecule has 1 amide bonds. The summed E-state index contributed by atoms with van der Waals surface area (Å²) in [7, 11) is 0. The first-order valence-electron chi connectivity index (χ1n) is 6.10. The third-order valence-corrected chi connectivity index (χ3v) is 3.40. The van der Waals surface area contributed by atoms with Crippen LogP contribution in [0, 0.1) is 5.92 Å². The van der Waals surface area contributed by atoms with E-state index in [1.54, 1.807) is 4.90 Å². The van der Waals surface area contributed by atoms with Crippen LogP contribution in [-0.2, 0) is 11.2 Å². The average molecular weight is 231 g/mol. The molecule has 0 aromatic heterocycles. The monoisotopic (exact) mass is 231 g/mol. The van der Waals surface area contributed by atoms with E-state index in [1.165, 1.54) is 0 Å². The van der Waals surface area contributed by atoms with Gasteiger partial charge < -0.3 is 4.90 Å². The molecule has 3 nitrogen and oxygen atoms in total. The lowest BCUT2D eigenvalue weighted by Gasteiger charge is -2.21. The zero-order valence-electron chi connectivity index (χ0n) is 10.3. The summed E-state index contributed by atoms with van der Waals surface area (Å²) in [6.45, 7) is 5.20. The van der Waals surface area contributed by atoms with Crippen LogP contribution in [0.5, 0.6) is 0 Å². The second kappa shape index (κ2) is 4.70. The largest absolute Gasteiger partial charge is 0.343 e. The molecule has 0 heterocycles. The van der Waals surface area contributed by atoms with Gasteiger partial charge in [-0.05, 0) is 25.8 Å². The van der Waals surface area contributed by atoms with E-state index in [9.17, 15) is 9.59 Å². The number of nitrogens with zero attached hydrogens (tertiary/aromatic N) is 1. The minimum Gasteiger partial charge on any atom is -0.343 e. The number of hydrogen-bond acceptors (Lipinski definition) is 2.